The number of imidazole rings is 1. The molecule has 2 rings (SSSR count). The number of hydrogen-bond acceptors (Lipinski definition) is 5. The number of carbonyl (C=O) groups is 2. The Morgan fingerprint density at radius 2 is 2.25 bits per heavy atom. The van der Waals surface area contributed by atoms with Crippen molar-refractivity contribution in [1.82, 2.24) is 19.7 Å². The topological polar surface area (TPSA) is 85.6 Å². The number of carbonyl (C=O) groups excluding carboxylic acids is 2. The fourth-order valence-corrected chi connectivity index (χ4v) is 1.63. The number of nitrogens with zero attached hydrogens (tertiary/aromatic N) is 3. The van der Waals surface area contributed by atoms with Gasteiger partial charge in [0, 0.05) is 25.1 Å². The molecule has 0 spiro atoms. The van der Waals surface area contributed by atoms with Crippen LogP contribution in [0.2, 0.25) is 0 Å². The number of hydrogen-bond donors (Lipinski definition) is 1. The third-order valence-corrected chi connectivity index (χ3v) is 2.45. The van der Waals surface area contributed by atoms with Gasteiger partial charge in [-0.15, -0.1) is 0 Å². The minimum atomic E-state index is -0.340. The molecule has 0 aliphatic heterocycles. The maximum absolute atomic E-state index is 11.9. The van der Waals surface area contributed by atoms with Crippen molar-refractivity contribution in [2.24, 2.45) is 0 Å². The summed E-state index contributed by atoms with van der Waals surface area (Å²) in [4.78, 5) is 31.3. The van der Waals surface area contributed by atoms with Crippen LogP contribution in [-0.4, -0.2) is 38.9 Å². The van der Waals surface area contributed by atoms with Crippen LogP contribution in [0.4, 0.5) is 0 Å². The third-order valence-electron chi connectivity index (χ3n) is 2.45. The molecular weight excluding hydrogens is 260 g/mol. The first kappa shape index (κ1) is 14.0. The standard InChI is InChI=1S/C13H16N4O3/c1-9(2)20-11(18)4-6-14-12(19)10-8-17-7-3-5-15-13(17)16-10/h3,5,7-9H,4,6H2,1-2H3,(H,14,19). The first-order chi connectivity index (χ1) is 9.56. The van der Waals surface area contributed by atoms with E-state index in [2.05, 4.69) is 15.3 Å². The van der Waals surface area contributed by atoms with Gasteiger partial charge in [-0.05, 0) is 19.9 Å². The highest BCUT2D eigenvalue weighted by atomic mass is 16.5. The highest BCUT2D eigenvalue weighted by Gasteiger charge is 2.12. The van der Waals surface area contributed by atoms with Gasteiger partial charge in [0.15, 0.2) is 0 Å². The second-order valence-corrected chi connectivity index (χ2v) is 4.50. The maximum Gasteiger partial charge on any atom is 0.307 e. The zero-order valence-electron chi connectivity index (χ0n) is 11.4. The number of fused-ring (bicyclic) bond motifs is 1. The molecule has 0 atom stereocenters. The number of esters is 1. The Hall–Kier alpha value is -2.44. The predicted molar refractivity (Wildman–Crippen MR) is 71.2 cm³/mol. The molecule has 2 aromatic heterocycles. The number of aromatic nitrogens is 3. The summed E-state index contributed by atoms with van der Waals surface area (Å²) in [6, 6.07) is 1.75. The molecule has 2 heterocycles. The smallest absolute Gasteiger partial charge is 0.307 e. The Balaban J connectivity index is 1.87. The SMILES string of the molecule is CC(C)OC(=O)CCNC(=O)c1cn2cccnc2n1. The van der Waals surface area contributed by atoms with Crippen LogP contribution in [0.3, 0.4) is 0 Å². The fourth-order valence-electron chi connectivity index (χ4n) is 1.63. The molecule has 1 N–H and O–H groups in total. The quantitative estimate of drug-likeness (QED) is 0.816. The van der Waals surface area contributed by atoms with E-state index in [-0.39, 0.29) is 36.6 Å². The number of amides is 1. The number of rotatable bonds is 5. The molecule has 0 aromatic carbocycles. The lowest BCUT2D eigenvalue weighted by Crippen LogP contribution is -2.27. The van der Waals surface area contributed by atoms with E-state index in [1.807, 2.05) is 0 Å². The summed E-state index contributed by atoms with van der Waals surface area (Å²) >= 11 is 0. The molecule has 20 heavy (non-hydrogen) atoms. The van der Waals surface area contributed by atoms with Gasteiger partial charge in [-0.25, -0.2) is 9.97 Å². The minimum Gasteiger partial charge on any atom is -0.463 e. The molecule has 106 valence electrons. The first-order valence-corrected chi connectivity index (χ1v) is 6.33. The fraction of sp³-hybridized carbons (Fsp3) is 0.385. The molecule has 0 aliphatic rings. The molecule has 7 nitrogen and oxygen atoms in total. The second kappa shape index (κ2) is 6.14. The Kier molecular flexibility index (Phi) is 4.29. The van der Waals surface area contributed by atoms with E-state index in [9.17, 15) is 9.59 Å². The molecule has 0 saturated heterocycles. The monoisotopic (exact) mass is 276 g/mol. The Morgan fingerprint density at radius 3 is 2.95 bits per heavy atom. The van der Waals surface area contributed by atoms with Gasteiger partial charge < -0.3 is 10.1 Å². The minimum absolute atomic E-state index is 0.134. The summed E-state index contributed by atoms with van der Waals surface area (Å²) in [7, 11) is 0. The third kappa shape index (κ3) is 3.53. The van der Waals surface area contributed by atoms with Crippen molar-refractivity contribution >= 4 is 17.7 Å². The van der Waals surface area contributed by atoms with Crippen molar-refractivity contribution in [2.45, 2.75) is 26.4 Å². The van der Waals surface area contributed by atoms with Gasteiger partial charge in [0.2, 0.25) is 5.78 Å². The number of nitrogens with one attached hydrogen (secondary N) is 1. The highest BCUT2D eigenvalue weighted by Crippen LogP contribution is 2.01. The van der Waals surface area contributed by atoms with Gasteiger partial charge in [0.1, 0.15) is 5.69 Å². The summed E-state index contributed by atoms with van der Waals surface area (Å²) in [5.74, 6) is -0.221. The van der Waals surface area contributed by atoms with Gasteiger partial charge in [-0.1, -0.05) is 0 Å². The van der Waals surface area contributed by atoms with Crippen molar-refractivity contribution < 1.29 is 14.3 Å². The molecule has 0 unspecified atom stereocenters. The molecular formula is C13H16N4O3. The zero-order valence-corrected chi connectivity index (χ0v) is 11.4. The van der Waals surface area contributed by atoms with Crippen LogP contribution >= 0.6 is 0 Å². The zero-order chi connectivity index (χ0) is 14.5. The van der Waals surface area contributed by atoms with E-state index in [0.717, 1.165) is 0 Å². The first-order valence-electron chi connectivity index (χ1n) is 6.33. The second-order valence-electron chi connectivity index (χ2n) is 4.50. The summed E-state index contributed by atoms with van der Waals surface area (Å²) in [5, 5.41) is 2.62. The van der Waals surface area contributed by atoms with E-state index < -0.39 is 0 Å². The van der Waals surface area contributed by atoms with Crippen LogP contribution < -0.4 is 5.32 Å². The van der Waals surface area contributed by atoms with Crippen molar-refractivity contribution in [3.05, 3.63) is 30.4 Å². The molecule has 0 aliphatic carbocycles. The van der Waals surface area contributed by atoms with E-state index in [1.165, 1.54) is 0 Å². The molecule has 1 amide bonds. The lowest BCUT2D eigenvalue weighted by Gasteiger charge is -2.07. The Morgan fingerprint density at radius 1 is 1.45 bits per heavy atom. The Bertz CT molecular complexity index is 588. The molecule has 0 radical (unpaired) electrons. The van der Waals surface area contributed by atoms with Crippen LogP contribution in [-0.2, 0) is 9.53 Å². The van der Waals surface area contributed by atoms with Crippen molar-refractivity contribution in [2.75, 3.05) is 6.54 Å². The predicted octanol–water partition coefficient (Wildman–Crippen LogP) is 0.801. The number of ether oxygens (including phenoxy) is 1. The van der Waals surface area contributed by atoms with Gasteiger partial charge in [0.25, 0.3) is 5.91 Å². The van der Waals surface area contributed by atoms with Crippen LogP contribution in [0.5, 0.6) is 0 Å². The van der Waals surface area contributed by atoms with Gasteiger partial charge >= 0.3 is 5.97 Å². The molecule has 7 heteroatoms. The van der Waals surface area contributed by atoms with E-state index in [1.54, 1.807) is 42.9 Å². The summed E-state index contributed by atoms with van der Waals surface area (Å²) in [6.45, 7) is 3.77. The molecule has 0 bridgehead atoms. The van der Waals surface area contributed by atoms with Gasteiger partial charge in [-0.2, -0.15) is 0 Å². The summed E-state index contributed by atoms with van der Waals surface area (Å²) < 4.78 is 6.62. The van der Waals surface area contributed by atoms with E-state index in [4.69, 9.17) is 4.74 Å². The van der Waals surface area contributed by atoms with E-state index in [0.29, 0.717) is 5.78 Å². The Labute approximate surface area is 116 Å². The highest BCUT2D eigenvalue weighted by molar-refractivity contribution is 5.92. The van der Waals surface area contributed by atoms with Crippen molar-refractivity contribution in [3.8, 4) is 0 Å². The van der Waals surface area contributed by atoms with Crippen molar-refractivity contribution in [1.29, 1.82) is 0 Å². The van der Waals surface area contributed by atoms with Crippen LogP contribution in [0, 0.1) is 0 Å². The molecule has 0 fully saturated rings. The summed E-state index contributed by atoms with van der Waals surface area (Å²) in [6.07, 6.45) is 4.93. The average molecular weight is 276 g/mol. The van der Waals surface area contributed by atoms with Crippen LogP contribution in [0.1, 0.15) is 30.8 Å². The van der Waals surface area contributed by atoms with Crippen LogP contribution in [0.15, 0.2) is 24.7 Å². The molecule has 0 saturated carbocycles. The summed E-state index contributed by atoms with van der Waals surface area (Å²) in [5.41, 5.74) is 0.265. The molecule has 2 aromatic rings. The lowest BCUT2D eigenvalue weighted by atomic mass is 10.4. The van der Waals surface area contributed by atoms with Gasteiger partial charge in [0.05, 0.1) is 12.5 Å². The normalized spacial score (nSPS) is 10.8. The van der Waals surface area contributed by atoms with Crippen molar-refractivity contribution in [3.63, 3.8) is 0 Å². The van der Waals surface area contributed by atoms with E-state index >= 15 is 0 Å². The van der Waals surface area contributed by atoms with Crippen LogP contribution in [0.25, 0.3) is 5.78 Å². The average Bonchev–Trinajstić information content (AvgIpc) is 2.81. The lowest BCUT2D eigenvalue weighted by molar-refractivity contribution is -0.147. The van der Waals surface area contributed by atoms with Gasteiger partial charge in [-0.3, -0.25) is 14.0 Å². The maximum atomic E-state index is 11.9. The largest absolute Gasteiger partial charge is 0.463 e.